The highest BCUT2D eigenvalue weighted by Crippen LogP contribution is 2.23. The van der Waals surface area contributed by atoms with Crippen LogP contribution in [0.1, 0.15) is 22.3 Å². The van der Waals surface area contributed by atoms with Crippen molar-refractivity contribution >= 4 is 23.6 Å². The third-order valence-electron chi connectivity index (χ3n) is 3.80. The van der Waals surface area contributed by atoms with Gasteiger partial charge in [-0.1, -0.05) is 35.9 Å². The summed E-state index contributed by atoms with van der Waals surface area (Å²) in [5.41, 5.74) is 8.99. The molecule has 2 aromatic carbocycles. The molecule has 2 amide bonds. The first-order valence-electron chi connectivity index (χ1n) is 8.33. The van der Waals surface area contributed by atoms with Gasteiger partial charge >= 0.3 is 0 Å². The van der Waals surface area contributed by atoms with Crippen LogP contribution in [0.5, 0.6) is 5.75 Å². The number of ether oxygens (including phenoxy) is 1. The third kappa shape index (κ3) is 5.81. The summed E-state index contributed by atoms with van der Waals surface area (Å²) in [7, 11) is 0. The van der Waals surface area contributed by atoms with Gasteiger partial charge in [-0.25, -0.2) is 0 Å². The minimum atomic E-state index is -0.405. The number of para-hydroxylation sites is 1. The Balaban J connectivity index is 1.75. The van der Waals surface area contributed by atoms with E-state index in [1.165, 1.54) is 11.8 Å². The van der Waals surface area contributed by atoms with Crippen LogP contribution in [0.2, 0.25) is 0 Å². The van der Waals surface area contributed by atoms with Crippen molar-refractivity contribution in [2.45, 2.75) is 32.6 Å². The number of hydrogen-bond donors (Lipinski definition) is 2. The lowest BCUT2D eigenvalue weighted by Gasteiger charge is -2.12. The van der Waals surface area contributed by atoms with Gasteiger partial charge < -0.3 is 4.74 Å². The standard InChI is InChI=1S/C20H24N2O3S/c1-13-8-9-14(2)17(10-13)26-12-19(24)22-21-18(23)11-25-20-15(3)6-5-7-16(20)4/h5-10H,11-12H2,1-4H3,(H,21,23)(H,22,24). The number of amides is 2. The fraction of sp³-hybridized carbons (Fsp3) is 0.300. The van der Waals surface area contributed by atoms with Crippen molar-refractivity contribution in [2.24, 2.45) is 0 Å². The summed E-state index contributed by atoms with van der Waals surface area (Å²) in [6.45, 7) is 7.71. The van der Waals surface area contributed by atoms with Gasteiger partial charge in [0.2, 0.25) is 5.91 Å². The Bertz CT molecular complexity index is 785. The largest absolute Gasteiger partial charge is 0.483 e. The first-order chi connectivity index (χ1) is 12.4. The Morgan fingerprint density at radius 1 is 0.923 bits per heavy atom. The normalized spacial score (nSPS) is 10.3. The molecule has 0 spiro atoms. The summed E-state index contributed by atoms with van der Waals surface area (Å²) in [5, 5.41) is 0. The number of thioether (sulfide) groups is 1. The molecule has 0 aliphatic carbocycles. The molecule has 6 heteroatoms. The number of rotatable bonds is 6. The molecule has 2 rings (SSSR count). The summed E-state index contributed by atoms with van der Waals surface area (Å²) in [6.07, 6.45) is 0. The van der Waals surface area contributed by atoms with E-state index in [1.54, 1.807) is 0 Å². The van der Waals surface area contributed by atoms with E-state index in [0.717, 1.165) is 27.1 Å². The number of hydrazine groups is 1. The predicted octanol–water partition coefficient (Wildman–Crippen LogP) is 3.24. The maximum Gasteiger partial charge on any atom is 0.276 e. The maximum atomic E-state index is 11.9. The lowest BCUT2D eigenvalue weighted by molar-refractivity contribution is -0.128. The highest BCUT2D eigenvalue weighted by atomic mass is 32.2. The van der Waals surface area contributed by atoms with Gasteiger partial charge in [-0.2, -0.15) is 0 Å². The molecule has 0 radical (unpaired) electrons. The molecule has 2 aromatic rings. The molecule has 0 saturated carbocycles. The summed E-state index contributed by atoms with van der Waals surface area (Å²) >= 11 is 1.44. The smallest absolute Gasteiger partial charge is 0.276 e. The fourth-order valence-electron chi connectivity index (χ4n) is 2.38. The zero-order valence-corrected chi connectivity index (χ0v) is 16.3. The van der Waals surface area contributed by atoms with Crippen LogP contribution < -0.4 is 15.6 Å². The molecule has 138 valence electrons. The van der Waals surface area contributed by atoms with Crippen LogP contribution in [0.4, 0.5) is 0 Å². The third-order valence-corrected chi connectivity index (χ3v) is 4.96. The molecule has 0 aliphatic heterocycles. The van der Waals surface area contributed by atoms with Crippen LogP contribution in [-0.4, -0.2) is 24.2 Å². The molecule has 0 bridgehead atoms. The van der Waals surface area contributed by atoms with Crippen molar-refractivity contribution in [2.75, 3.05) is 12.4 Å². The number of aryl methyl sites for hydroxylation is 4. The molecule has 5 nitrogen and oxygen atoms in total. The maximum absolute atomic E-state index is 11.9. The van der Waals surface area contributed by atoms with Crippen molar-refractivity contribution in [1.29, 1.82) is 0 Å². The van der Waals surface area contributed by atoms with E-state index in [4.69, 9.17) is 4.74 Å². The molecule has 0 aromatic heterocycles. The topological polar surface area (TPSA) is 67.4 Å². The molecular formula is C20H24N2O3S. The first kappa shape index (κ1) is 19.8. The Kier molecular flexibility index (Phi) is 7.09. The average Bonchev–Trinajstić information content (AvgIpc) is 2.60. The van der Waals surface area contributed by atoms with Crippen molar-refractivity contribution in [1.82, 2.24) is 10.9 Å². The number of carbonyl (C=O) groups excluding carboxylic acids is 2. The lowest BCUT2D eigenvalue weighted by Crippen LogP contribution is -2.44. The van der Waals surface area contributed by atoms with Crippen LogP contribution >= 0.6 is 11.8 Å². The van der Waals surface area contributed by atoms with Crippen molar-refractivity contribution < 1.29 is 14.3 Å². The number of nitrogens with one attached hydrogen (secondary N) is 2. The molecule has 26 heavy (non-hydrogen) atoms. The van der Waals surface area contributed by atoms with E-state index in [0.29, 0.717) is 5.75 Å². The minimum absolute atomic E-state index is 0.157. The van der Waals surface area contributed by atoms with E-state index in [-0.39, 0.29) is 18.3 Å². The average molecular weight is 372 g/mol. The Morgan fingerprint density at radius 2 is 1.58 bits per heavy atom. The van der Waals surface area contributed by atoms with Crippen molar-refractivity contribution in [3.05, 3.63) is 58.7 Å². The second kappa shape index (κ2) is 9.29. The van der Waals surface area contributed by atoms with Gasteiger partial charge in [0.25, 0.3) is 5.91 Å². The Morgan fingerprint density at radius 3 is 2.27 bits per heavy atom. The molecular weight excluding hydrogens is 348 g/mol. The second-order valence-electron chi connectivity index (χ2n) is 6.16. The molecule has 0 aliphatic rings. The molecule has 0 fully saturated rings. The fourth-order valence-corrected chi connectivity index (χ4v) is 3.31. The molecule has 0 atom stereocenters. The van der Waals surface area contributed by atoms with Gasteiger partial charge in [-0.05, 0) is 50.5 Å². The zero-order valence-electron chi connectivity index (χ0n) is 15.5. The van der Waals surface area contributed by atoms with Crippen LogP contribution in [0.3, 0.4) is 0 Å². The summed E-state index contributed by atoms with van der Waals surface area (Å²) in [5.74, 6) is 0.246. The predicted molar refractivity (Wildman–Crippen MR) is 104 cm³/mol. The minimum Gasteiger partial charge on any atom is -0.483 e. The van der Waals surface area contributed by atoms with E-state index in [1.807, 2.05) is 64.1 Å². The highest BCUT2D eigenvalue weighted by molar-refractivity contribution is 8.00. The molecule has 0 heterocycles. The van der Waals surface area contributed by atoms with Crippen molar-refractivity contribution in [3.8, 4) is 5.75 Å². The Labute approximate surface area is 158 Å². The van der Waals surface area contributed by atoms with Crippen LogP contribution in [0.15, 0.2) is 41.3 Å². The number of hydrogen-bond acceptors (Lipinski definition) is 4. The Hall–Kier alpha value is -2.47. The SMILES string of the molecule is Cc1ccc(C)c(SCC(=O)NNC(=O)COc2c(C)cccc2C)c1. The van der Waals surface area contributed by atoms with Gasteiger partial charge in [-0.15, -0.1) is 11.8 Å². The van der Waals surface area contributed by atoms with E-state index >= 15 is 0 Å². The summed E-state index contributed by atoms with van der Waals surface area (Å²) in [4.78, 5) is 24.8. The van der Waals surface area contributed by atoms with Gasteiger partial charge in [0.05, 0.1) is 5.75 Å². The van der Waals surface area contributed by atoms with Gasteiger partial charge in [0, 0.05) is 4.90 Å². The molecule has 0 saturated heterocycles. The van der Waals surface area contributed by atoms with Gasteiger partial charge in [-0.3, -0.25) is 20.4 Å². The van der Waals surface area contributed by atoms with Crippen LogP contribution in [0, 0.1) is 27.7 Å². The van der Waals surface area contributed by atoms with Crippen LogP contribution in [-0.2, 0) is 9.59 Å². The highest BCUT2D eigenvalue weighted by Gasteiger charge is 2.09. The van der Waals surface area contributed by atoms with E-state index in [2.05, 4.69) is 10.9 Å². The van der Waals surface area contributed by atoms with E-state index in [9.17, 15) is 9.59 Å². The van der Waals surface area contributed by atoms with Crippen molar-refractivity contribution in [3.63, 3.8) is 0 Å². The lowest BCUT2D eigenvalue weighted by atomic mass is 10.1. The molecule has 2 N–H and O–H groups in total. The van der Waals surface area contributed by atoms with E-state index < -0.39 is 5.91 Å². The quantitative estimate of drug-likeness (QED) is 0.603. The monoisotopic (exact) mass is 372 g/mol. The van der Waals surface area contributed by atoms with Gasteiger partial charge in [0.15, 0.2) is 6.61 Å². The molecule has 0 unspecified atom stereocenters. The first-order valence-corrected chi connectivity index (χ1v) is 9.32. The summed E-state index contributed by atoms with van der Waals surface area (Å²) < 4.78 is 5.55. The number of carbonyl (C=O) groups is 2. The van der Waals surface area contributed by atoms with Crippen LogP contribution in [0.25, 0.3) is 0 Å². The zero-order chi connectivity index (χ0) is 19.1. The van der Waals surface area contributed by atoms with Gasteiger partial charge in [0.1, 0.15) is 5.75 Å². The second-order valence-corrected chi connectivity index (χ2v) is 7.18. The number of benzene rings is 2. The summed E-state index contributed by atoms with van der Waals surface area (Å²) in [6, 6.07) is 11.9.